The first-order valence-electron chi connectivity index (χ1n) is 11.8. The highest BCUT2D eigenvalue weighted by molar-refractivity contribution is 6.46. The number of ketones is 1. The molecule has 1 aliphatic heterocycles. The van der Waals surface area contributed by atoms with Gasteiger partial charge in [-0.15, -0.1) is 0 Å². The summed E-state index contributed by atoms with van der Waals surface area (Å²) in [5.41, 5.74) is 2.30. The fourth-order valence-corrected chi connectivity index (χ4v) is 5.13. The number of para-hydroxylation sites is 2. The summed E-state index contributed by atoms with van der Waals surface area (Å²) in [6.07, 6.45) is 1.75. The Morgan fingerprint density at radius 2 is 1.63 bits per heavy atom. The Labute approximate surface area is 224 Å². The summed E-state index contributed by atoms with van der Waals surface area (Å²) in [7, 11) is 4.43. The number of aliphatic hydroxyl groups excluding tert-OH is 1. The van der Waals surface area contributed by atoms with Crippen LogP contribution in [0.15, 0.2) is 72.4 Å². The fourth-order valence-electron chi connectivity index (χ4n) is 4.89. The minimum Gasteiger partial charge on any atom is -0.507 e. The zero-order valence-corrected chi connectivity index (χ0v) is 21.7. The SMILES string of the molecule is COc1cc(OC)c(/C(O)=C2\C(=O)C(=O)N(Cc3ccccc3OC)C2c2c[nH]c3ccccc23)cc1Cl. The molecule has 1 aliphatic rings. The minimum atomic E-state index is -0.901. The highest BCUT2D eigenvalue weighted by Gasteiger charge is 2.47. The van der Waals surface area contributed by atoms with Crippen LogP contribution in [0, 0.1) is 0 Å². The number of likely N-dealkylation sites (tertiary alicyclic amines) is 1. The van der Waals surface area contributed by atoms with Crippen molar-refractivity contribution in [2.45, 2.75) is 12.6 Å². The highest BCUT2D eigenvalue weighted by Crippen LogP contribution is 2.45. The number of amides is 1. The van der Waals surface area contributed by atoms with E-state index in [1.54, 1.807) is 19.4 Å². The number of carbonyl (C=O) groups is 2. The maximum Gasteiger partial charge on any atom is 0.295 e. The Balaban J connectivity index is 1.74. The monoisotopic (exact) mass is 532 g/mol. The molecule has 1 aromatic heterocycles. The number of aromatic nitrogens is 1. The number of aliphatic hydroxyl groups is 1. The van der Waals surface area contributed by atoms with Crippen molar-refractivity contribution in [3.05, 3.63) is 94.1 Å². The number of methoxy groups -OCH3 is 3. The molecule has 1 unspecified atom stereocenters. The van der Waals surface area contributed by atoms with Crippen LogP contribution in [0.4, 0.5) is 0 Å². The summed E-state index contributed by atoms with van der Waals surface area (Å²) in [4.78, 5) is 31.7. The number of nitrogens with zero attached hydrogens (tertiary/aromatic N) is 1. The molecule has 0 radical (unpaired) electrons. The molecule has 9 heteroatoms. The van der Waals surface area contributed by atoms with Crippen molar-refractivity contribution in [2.24, 2.45) is 0 Å². The number of rotatable bonds is 7. The number of fused-ring (bicyclic) bond motifs is 1. The highest BCUT2D eigenvalue weighted by atomic mass is 35.5. The predicted molar refractivity (Wildman–Crippen MR) is 144 cm³/mol. The van der Waals surface area contributed by atoms with Crippen molar-refractivity contribution in [1.82, 2.24) is 9.88 Å². The molecule has 2 heterocycles. The molecule has 3 aromatic carbocycles. The van der Waals surface area contributed by atoms with Gasteiger partial charge in [0, 0.05) is 34.3 Å². The smallest absolute Gasteiger partial charge is 0.295 e. The lowest BCUT2D eigenvalue weighted by molar-refractivity contribution is -0.140. The first-order chi connectivity index (χ1) is 18.4. The van der Waals surface area contributed by atoms with Gasteiger partial charge in [0.2, 0.25) is 0 Å². The van der Waals surface area contributed by atoms with E-state index in [-0.39, 0.29) is 28.5 Å². The van der Waals surface area contributed by atoms with Gasteiger partial charge in [0.25, 0.3) is 11.7 Å². The second kappa shape index (κ2) is 10.1. The average molecular weight is 533 g/mol. The molecule has 8 nitrogen and oxygen atoms in total. The van der Waals surface area contributed by atoms with Crippen molar-refractivity contribution >= 4 is 40.0 Å². The van der Waals surface area contributed by atoms with Gasteiger partial charge in [-0.05, 0) is 18.2 Å². The van der Waals surface area contributed by atoms with Crippen molar-refractivity contribution in [1.29, 1.82) is 0 Å². The number of aromatic amines is 1. The lowest BCUT2D eigenvalue weighted by atomic mass is 9.94. The maximum absolute atomic E-state index is 13.6. The fraction of sp³-hybridized carbons (Fsp3) is 0.172. The van der Waals surface area contributed by atoms with Gasteiger partial charge in [0.1, 0.15) is 23.0 Å². The number of benzene rings is 3. The summed E-state index contributed by atoms with van der Waals surface area (Å²) in [5, 5.41) is 12.6. The molecule has 1 saturated heterocycles. The number of carbonyl (C=O) groups excluding carboxylic acids is 2. The number of ether oxygens (including phenoxy) is 3. The van der Waals surface area contributed by atoms with Crippen molar-refractivity contribution in [2.75, 3.05) is 21.3 Å². The molecular weight excluding hydrogens is 508 g/mol. The van der Waals surface area contributed by atoms with E-state index in [0.29, 0.717) is 22.6 Å². The average Bonchev–Trinajstić information content (AvgIpc) is 3.47. The summed E-state index contributed by atoms with van der Waals surface area (Å²) < 4.78 is 16.2. The van der Waals surface area contributed by atoms with Gasteiger partial charge in [-0.3, -0.25) is 9.59 Å². The molecule has 1 fully saturated rings. The third kappa shape index (κ3) is 4.13. The van der Waals surface area contributed by atoms with Crippen molar-refractivity contribution < 1.29 is 28.9 Å². The van der Waals surface area contributed by atoms with E-state index in [4.69, 9.17) is 25.8 Å². The molecule has 0 saturated carbocycles. The largest absolute Gasteiger partial charge is 0.507 e. The second-order valence-corrected chi connectivity index (χ2v) is 9.12. The molecule has 5 rings (SSSR count). The van der Waals surface area contributed by atoms with E-state index in [1.165, 1.54) is 31.3 Å². The van der Waals surface area contributed by atoms with Crippen molar-refractivity contribution in [3.8, 4) is 17.2 Å². The Morgan fingerprint density at radius 3 is 2.37 bits per heavy atom. The Hall–Kier alpha value is -4.43. The molecule has 1 atom stereocenters. The Kier molecular flexibility index (Phi) is 6.73. The summed E-state index contributed by atoms with van der Waals surface area (Å²) in [5.74, 6) is -0.812. The van der Waals surface area contributed by atoms with E-state index >= 15 is 0 Å². The van der Waals surface area contributed by atoms with Crippen LogP contribution in [0.25, 0.3) is 16.7 Å². The zero-order valence-electron chi connectivity index (χ0n) is 20.9. The van der Waals surface area contributed by atoms with Crippen LogP contribution in [-0.4, -0.2) is 48.0 Å². The second-order valence-electron chi connectivity index (χ2n) is 8.72. The molecule has 4 aromatic rings. The van der Waals surface area contributed by atoms with Gasteiger partial charge in [0.15, 0.2) is 0 Å². The predicted octanol–water partition coefficient (Wildman–Crippen LogP) is 5.47. The van der Waals surface area contributed by atoms with Gasteiger partial charge >= 0.3 is 0 Å². The van der Waals surface area contributed by atoms with Crippen LogP contribution >= 0.6 is 11.6 Å². The lowest BCUT2D eigenvalue weighted by Crippen LogP contribution is -2.29. The maximum atomic E-state index is 13.6. The zero-order chi connectivity index (χ0) is 27.0. The molecule has 0 bridgehead atoms. The van der Waals surface area contributed by atoms with E-state index in [9.17, 15) is 14.7 Å². The first-order valence-corrected chi connectivity index (χ1v) is 12.2. The normalized spacial score (nSPS) is 16.7. The third-order valence-corrected chi connectivity index (χ3v) is 7.01. The quantitative estimate of drug-likeness (QED) is 0.186. The summed E-state index contributed by atoms with van der Waals surface area (Å²) in [6.45, 7) is 0.0794. The molecule has 38 heavy (non-hydrogen) atoms. The molecule has 194 valence electrons. The first kappa shape index (κ1) is 25.2. The number of nitrogens with one attached hydrogen (secondary N) is 1. The minimum absolute atomic E-state index is 0.0748. The number of Topliss-reactive ketones (excluding diaryl/α,β-unsaturated/α-hetero) is 1. The summed E-state index contributed by atoms with van der Waals surface area (Å²) >= 11 is 6.36. The van der Waals surface area contributed by atoms with Gasteiger partial charge in [-0.25, -0.2) is 0 Å². The van der Waals surface area contributed by atoms with Crippen molar-refractivity contribution in [3.63, 3.8) is 0 Å². The van der Waals surface area contributed by atoms with Gasteiger partial charge in [-0.1, -0.05) is 48.0 Å². The molecular formula is C29H25ClN2O6. The van der Waals surface area contributed by atoms with E-state index in [0.717, 1.165) is 10.9 Å². The van der Waals surface area contributed by atoms with Crippen LogP contribution in [0.1, 0.15) is 22.7 Å². The Morgan fingerprint density at radius 1 is 0.947 bits per heavy atom. The molecule has 2 N–H and O–H groups in total. The number of H-pyrrole nitrogens is 1. The number of hydrogen-bond acceptors (Lipinski definition) is 6. The van der Waals surface area contributed by atoms with E-state index in [1.807, 2.05) is 42.5 Å². The number of halogens is 1. The van der Waals surface area contributed by atoms with Gasteiger partial charge in [-0.2, -0.15) is 0 Å². The molecule has 0 spiro atoms. The van der Waals surface area contributed by atoms with E-state index in [2.05, 4.69) is 4.98 Å². The van der Waals surface area contributed by atoms with Crippen LogP contribution < -0.4 is 14.2 Å². The van der Waals surface area contributed by atoms with Crippen LogP contribution in [0.5, 0.6) is 17.2 Å². The lowest BCUT2D eigenvalue weighted by Gasteiger charge is -2.26. The van der Waals surface area contributed by atoms with Gasteiger partial charge in [0.05, 0.1) is 50.1 Å². The molecule has 0 aliphatic carbocycles. The number of hydrogen-bond donors (Lipinski definition) is 2. The van der Waals surface area contributed by atoms with Gasteiger partial charge < -0.3 is 29.2 Å². The van der Waals surface area contributed by atoms with E-state index < -0.39 is 23.5 Å². The van der Waals surface area contributed by atoms with Crippen LogP contribution in [0.2, 0.25) is 5.02 Å². The van der Waals surface area contributed by atoms with Crippen LogP contribution in [-0.2, 0) is 16.1 Å². The van der Waals surface area contributed by atoms with Crippen LogP contribution in [0.3, 0.4) is 0 Å². The Bertz CT molecular complexity index is 1590. The molecule has 1 amide bonds. The topological polar surface area (TPSA) is 101 Å². The standard InChI is InChI=1S/C29H25ClN2O6/c1-36-22-11-7-4-8-16(22)15-32-26(19-14-31-21-10-6-5-9-17(19)21)25(28(34)29(32)35)27(33)18-12-20(30)24(38-3)13-23(18)37-2/h4-14,26,31,33H,15H2,1-3H3/b27-25+. The summed E-state index contributed by atoms with van der Waals surface area (Å²) in [6, 6.07) is 16.9. The third-order valence-electron chi connectivity index (χ3n) is 6.72.